The van der Waals surface area contributed by atoms with Crippen molar-refractivity contribution in [3.63, 3.8) is 0 Å². The lowest BCUT2D eigenvalue weighted by molar-refractivity contribution is -0.383. The highest BCUT2D eigenvalue weighted by molar-refractivity contribution is 8.00. The maximum atomic E-state index is 12.8. The summed E-state index contributed by atoms with van der Waals surface area (Å²) in [7, 11) is 0. The van der Waals surface area contributed by atoms with E-state index in [1.165, 1.54) is 30.3 Å². The SMILES string of the molecule is CC(Sc1nnc(N2CCCCC2)n1-c1ccccc1)C(=O)Nc1ccccc1[N+](=O)[O-]. The lowest BCUT2D eigenvalue weighted by Crippen LogP contribution is -2.31. The summed E-state index contributed by atoms with van der Waals surface area (Å²) in [5.74, 6) is 0.427. The van der Waals surface area contributed by atoms with E-state index in [2.05, 4.69) is 20.4 Å². The third-order valence-electron chi connectivity index (χ3n) is 5.28. The normalized spacial score (nSPS) is 14.7. The summed E-state index contributed by atoms with van der Waals surface area (Å²) in [5, 5.41) is 22.8. The number of rotatable bonds is 7. The molecule has 1 N–H and O–H groups in total. The van der Waals surface area contributed by atoms with Crippen LogP contribution in [-0.4, -0.2) is 43.9 Å². The van der Waals surface area contributed by atoms with Crippen LogP contribution in [0.2, 0.25) is 0 Å². The summed E-state index contributed by atoms with van der Waals surface area (Å²) in [4.78, 5) is 25.8. The molecule has 1 aromatic heterocycles. The van der Waals surface area contributed by atoms with Gasteiger partial charge in [0.1, 0.15) is 5.69 Å². The highest BCUT2D eigenvalue weighted by Crippen LogP contribution is 2.31. The van der Waals surface area contributed by atoms with E-state index >= 15 is 0 Å². The van der Waals surface area contributed by atoms with Gasteiger partial charge in [-0.2, -0.15) is 0 Å². The number of benzene rings is 2. The molecule has 1 amide bonds. The Morgan fingerprint density at radius 3 is 2.47 bits per heavy atom. The molecule has 0 bridgehead atoms. The molecule has 0 saturated carbocycles. The van der Waals surface area contributed by atoms with Gasteiger partial charge in [0.25, 0.3) is 5.69 Å². The minimum Gasteiger partial charge on any atom is -0.341 e. The third kappa shape index (κ3) is 4.75. The molecule has 1 aliphatic heterocycles. The zero-order valence-electron chi connectivity index (χ0n) is 17.7. The third-order valence-corrected chi connectivity index (χ3v) is 6.32. The van der Waals surface area contributed by atoms with E-state index in [1.54, 1.807) is 19.1 Å². The van der Waals surface area contributed by atoms with Crippen LogP contribution in [0, 0.1) is 10.1 Å². The van der Waals surface area contributed by atoms with Crippen LogP contribution in [0.15, 0.2) is 59.8 Å². The first-order valence-corrected chi connectivity index (χ1v) is 11.4. The molecule has 4 rings (SSSR count). The molecule has 2 heterocycles. The van der Waals surface area contributed by atoms with Crippen molar-refractivity contribution in [3.8, 4) is 5.69 Å². The van der Waals surface area contributed by atoms with Crippen LogP contribution in [-0.2, 0) is 4.79 Å². The van der Waals surface area contributed by atoms with Gasteiger partial charge in [-0.15, -0.1) is 10.2 Å². The van der Waals surface area contributed by atoms with Crippen LogP contribution < -0.4 is 10.2 Å². The number of piperidine rings is 1. The number of carbonyl (C=O) groups is 1. The fourth-order valence-electron chi connectivity index (χ4n) is 3.62. The van der Waals surface area contributed by atoms with Crippen molar-refractivity contribution in [3.05, 3.63) is 64.7 Å². The maximum Gasteiger partial charge on any atom is 0.292 e. The van der Waals surface area contributed by atoms with Crippen molar-refractivity contribution in [1.82, 2.24) is 14.8 Å². The Kier molecular flexibility index (Phi) is 6.69. The molecule has 10 heteroatoms. The molecule has 1 atom stereocenters. The number of nitrogens with zero attached hydrogens (tertiary/aromatic N) is 5. The second-order valence-electron chi connectivity index (χ2n) is 7.52. The Morgan fingerprint density at radius 1 is 1.06 bits per heavy atom. The molecule has 0 aliphatic carbocycles. The number of para-hydroxylation sites is 3. The van der Waals surface area contributed by atoms with Gasteiger partial charge in [-0.3, -0.25) is 19.5 Å². The largest absolute Gasteiger partial charge is 0.341 e. The second-order valence-corrected chi connectivity index (χ2v) is 8.83. The van der Waals surface area contributed by atoms with Crippen LogP contribution in [0.1, 0.15) is 26.2 Å². The van der Waals surface area contributed by atoms with E-state index in [0.29, 0.717) is 5.16 Å². The number of amides is 1. The first-order valence-electron chi connectivity index (χ1n) is 10.5. The average Bonchev–Trinajstić information content (AvgIpc) is 3.23. The molecule has 9 nitrogen and oxygen atoms in total. The maximum absolute atomic E-state index is 12.8. The van der Waals surface area contributed by atoms with Crippen molar-refractivity contribution < 1.29 is 9.72 Å². The first-order chi connectivity index (χ1) is 15.5. The van der Waals surface area contributed by atoms with Gasteiger partial charge in [0.2, 0.25) is 11.9 Å². The van der Waals surface area contributed by atoms with Gasteiger partial charge in [-0.1, -0.05) is 42.1 Å². The Hall–Kier alpha value is -3.40. The van der Waals surface area contributed by atoms with E-state index in [-0.39, 0.29) is 17.3 Å². The molecule has 0 radical (unpaired) electrons. The van der Waals surface area contributed by atoms with Gasteiger partial charge < -0.3 is 10.2 Å². The average molecular weight is 453 g/mol. The number of aromatic nitrogens is 3. The van der Waals surface area contributed by atoms with Crippen LogP contribution in [0.3, 0.4) is 0 Å². The van der Waals surface area contributed by atoms with Crippen molar-refractivity contribution in [2.75, 3.05) is 23.3 Å². The molecular formula is C22H24N6O3S. The van der Waals surface area contributed by atoms with E-state index in [9.17, 15) is 14.9 Å². The molecule has 1 fully saturated rings. The van der Waals surface area contributed by atoms with Gasteiger partial charge in [-0.05, 0) is 44.4 Å². The van der Waals surface area contributed by atoms with Crippen molar-refractivity contribution in [2.45, 2.75) is 36.6 Å². The molecule has 1 unspecified atom stereocenters. The summed E-state index contributed by atoms with van der Waals surface area (Å²) in [6.07, 6.45) is 3.43. The smallest absolute Gasteiger partial charge is 0.292 e. The standard InChI is InChI=1S/C22H24N6O3S/c1-16(20(29)23-18-12-6-7-13-19(18)28(30)31)32-22-25-24-21(26-14-8-3-9-15-26)27(22)17-10-4-2-5-11-17/h2,4-7,10-13,16H,3,8-9,14-15H2,1H3,(H,23,29). The van der Waals surface area contributed by atoms with Crippen LogP contribution in [0.4, 0.5) is 17.3 Å². The van der Waals surface area contributed by atoms with Gasteiger partial charge in [-0.25, -0.2) is 0 Å². The molecule has 32 heavy (non-hydrogen) atoms. The first kappa shape index (κ1) is 21.8. The van der Waals surface area contributed by atoms with Crippen LogP contribution >= 0.6 is 11.8 Å². The summed E-state index contributed by atoms with van der Waals surface area (Å²) in [5.41, 5.74) is 0.957. The second kappa shape index (κ2) is 9.82. The Labute approximate surface area is 190 Å². The summed E-state index contributed by atoms with van der Waals surface area (Å²) in [6, 6.07) is 15.9. The molecular weight excluding hydrogens is 428 g/mol. The lowest BCUT2D eigenvalue weighted by atomic mass is 10.1. The molecule has 1 saturated heterocycles. The van der Waals surface area contributed by atoms with Crippen LogP contribution in [0.5, 0.6) is 0 Å². The van der Waals surface area contributed by atoms with Crippen molar-refractivity contribution in [1.29, 1.82) is 0 Å². The highest BCUT2D eigenvalue weighted by Gasteiger charge is 2.25. The minimum atomic E-state index is -0.546. The number of carbonyl (C=O) groups excluding carboxylic acids is 1. The fraction of sp³-hybridized carbons (Fsp3) is 0.318. The Morgan fingerprint density at radius 2 is 1.75 bits per heavy atom. The fourth-order valence-corrected chi connectivity index (χ4v) is 4.49. The molecule has 2 aromatic carbocycles. The zero-order chi connectivity index (χ0) is 22.5. The number of nitro groups is 1. The van der Waals surface area contributed by atoms with E-state index < -0.39 is 10.2 Å². The topological polar surface area (TPSA) is 106 Å². The predicted octanol–water partition coefficient (Wildman–Crippen LogP) is 4.29. The number of hydrogen-bond acceptors (Lipinski definition) is 7. The number of thioether (sulfide) groups is 1. The number of anilines is 2. The van der Waals surface area contributed by atoms with Gasteiger partial charge in [0.05, 0.1) is 15.9 Å². The number of nitro benzene ring substituents is 1. The van der Waals surface area contributed by atoms with Gasteiger partial charge >= 0.3 is 0 Å². The van der Waals surface area contributed by atoms with Crippen molar-refractivity contribution >= 4 is 35.0 Å². The number of nitrogens with one attached hydrogen (secondary N) is 1. The lowest BCUT2D eigenvalue weighted by Gasteiger charge is -2.28. The summed E-state index contributed by atoms with van der Waals surface area (Å²) in [6.45, 7) is 3.59. The summed E-state index contributed by atoms with van der Waals surface area (Å²) < 4.78 is 1.98. The molecule has 0 spiro atoms. The highest BCUT2D eigenvalue weighted by atomic mass is 32.2. The van der Waals surface area contributed by atoms with Crippen LogP contribution in [0.25, 0.3) is 5.69 Å². The van der Waals surface area contributed by atoms with E-state index in [0.717, 1.165) is 37.6 Å². The Balaban J connectivity index is 1.58. The molecule has 3 aromatic rings. The minimum absolute atomic E-state index is 0.141. The molecule has 166 valence electrons. The van der Waals surface area contributed by atoms with Gasteiger partial charge in [0, 0.05) is 19.2 Å². The Bertz CT molecular complexity index is 1100. The van der Waals surface area contributed by atoms with Crippen molar-refractivity contribution in [2.24, 2.45) is 0 Å². The predicted molar refractivity (Wildman–Crippen MR) is 124 cm³/mol. The zero-order valence-corrected chi connectivity index (χ0v) is 18.5. The quantitative estimate of drug-likeness (QED) is 0.324. The van der Waals surface area contributed by atoms with E-state index in [1.807, 2.05) is 34.9 Å². The van der Waals surface area contributed by atoms with E-state index in [4.69, 9.17) is 0 Å². The summed E-state index contributed by atoms with van der Waals surface area (Å²) >= 11 is 1.27. The monoisotopic (exact) mass is 452 g/mol. The number of hydrogen-bond donors (Lipinski definition) is 1. The molecule has 1 aliphatic rings. The van der Waals surface area contributed by atoms with Gasteiger partial charge in [0.15, 0.2) is 5.16 Å².